The van der Waals surface area contributed by atoms with Gasteiger partial charge in [-0.05, 0) is 25.7 Å². The van der Waals surface area contributed by atoms with Gasteiger partial charge in [0.05, 0.1) is 0 Å². The van der Waals surface area contributed by atoms with Crippen LogP contribution in [-0.4, -0.2) is 0 Å². The number of hydrogen-bond acceptors (Lipinski definition) is 0. The van der Waals surface area contributed by atoms with Gasteiger partial charge in [0.15, 0.2) is 0 Å². The maximum Gasteiger partial charge on any atom is 0 e. The molecule has 0 spiro atoms. The molecule has 4 rings (SSSR count). The molecule has 1 aromatic rings. The van der Waals surface area contributed by atoms with Gasteiger partial charge >= 0.3 is 0 Å². The first kappa shape index (κ1) is 12.4. The van der Waals surface area contributed by atoms with Crippen LogP contribution in [-0.2, 0) is 23.2 Å². The van der Waals surface area contributed by atoms with Crippen LogP contribution < -0.4 is 0 Å². The second kappa shape index (κ2) is 5.52. The van der Waals surface area contributed by atoms with E-state index in [-0.39, 0.29) is 16.8 Å². The van der Waals surface area contributed by atoms with Gasteiger partial charge in [-0.1, -0.05) is 29.4 Å². The molecule has 1 fully saturated rings. The van der Waals surface area contributed by atoms with Crippen LogP contribution in [0.4, 0.5) is 0 Å². The minimum atomic E-state index is 0. The Morgan fingerprint density at radius 3 is 2.35 bits per heavy atom. The minimum Gasteiger partial charge on any atom is -0.183 e. The molecule has 17 heavy (non-hydrogen) atoms. The molecule has 3 aliphatic rings. The van der Waals surface area contributed by atoms with Crippen LogP contribution in [0.3, 0.4) is 0 Å². The number of rotatable bonds is 0. The van der Waals surface area contributed by atoms with Crippen LogP contribution in [0.2, 0.25) is 0 Å². The summed E-state index contributed by atoms with van der Waals surface area (Å²) < 4.78 is 0. The van der Waals surface area contributed by atoms with Crippen molar-refractivity contribution in [1.82, 2.24) is 0 Å². The number of benzene rings is 1. The summed E-state index contributed by atoms with van der Waals surface area (Å²) >= 11 is 0. The van der Waals surface area contributed by atoms with Gasteiger partial charge in [0.1, 0.15) is 0 Å². The van der Waals surface area contributed by atoms with E-state index in [2.05, 4.69) is 36.4 Å². The van der Waals surface area contributed by atoms with Gasteiger partial charge < -0.3 is 0 Å². The summed E-state index contributed by atoms with van der Waals surface area (Å²) in [7, 11) is 0. The van der Waals surface area contributed by atoms with E-state index < -0.39 is 0 Å². The average Bonchev–Trinajstić information content (AvgIpc) is 3.07. The maximum absolute atomic E-state index is 3.04. The van der Waals surface area contributed by atoms with Gasteiger partial charge in [0.25, 0.3) is 0 Å². The molecule has 1 saturated carbocycles. The first-order chi connectivity index (χ1) is 7.92. The quantitative estimate of drug-likeness (QED) is 0.620. The third kappa shape index (κ3) is 2.79. The third-order valence-electron chi connectivity index (χ3n) is 3.40. The van der Waals surface area contributed by atoms with Crippen molar-refractivity contribution in [3.8, 4) is 0 Å². The molecule has 0 atom stereocenters. The van der Waals surface area contributed by atoms with E-state index >= 15 is 0 Å². The van der Waals surface area contributed by atoms with Gasteiger partial charge in [0.2, 0.25) is 0 Å². The van der Waals surface area contributed by atoms with Crippen LogP contribution >= 0.6 is 0 Å². The second-order valence-corrected chi connectivity index (χ2v) is 4.56. The van der Waals surface area contributed by atoms with Crippen molar-refractivity contribution in [1.29, 1.82) is 0 Å². The molecule has 0 N–H and O–H groups in total. The summed E-state index contributed by atoms with van der Waals surface area (Å²) in [6.45, 7) is 0. The fourth-order valence-electron chi connectivity index (χ4n) is 2.44. The zero-order valence-electron chi connectivity index (χ0n) is 9.70. The van der Waals surface area contributed by atoms with Gasteiger partial charge in [-0.2, -0.15) is 24.3 Å². The van der Waals surface area contributed by atoms with Crippen molar-refractivity contribution in [2.75, 3.05) is 0 Å². The topological polar surface area (TPSA) is 0 Å². The van der Waals surface area contributed by atoms with Crippen molar-refractivity contribution in [3.05, 3.63) is 64.8 Å². The fraction of sp³-hybridized carbons (Fsp3) is 0.250. The second-order valence-electron chi connectivity index (χ2n) is 4.56. The summed E-state index contributed by atoms with van der Waals surface area (Å²) in [6.07, 6.45) is 14.0. The van der Waals surface area contributed by atoms with Crippen LogP contribution in [0.15, 0.2) is 47.6 Å². The molecule has 0 saturated heterocycles. The van der Waals surface area contributed by atoms with Crippen LogP contribution in [0.5, 0.6) is 0 Å². The van der Waals surface area contributed by atoms with Crippen molar-refractivity contribution in [2.45, 2.75) is 25.7 Å². The molecule has 89 valence electrons. The Hall–Kier alpha value is -1.05. The smallest absolute Gasteiger partial charge is 0 e. The summed E-state index contributed by atoms with van der Waals surface area (Å²) in [5.74, 6) is 0. The normalized spacial score (nSPS) is 17.6. The Balaban J connectivity index is 0.000000123. The molecule has 1 radical (unpaired) electrons. The standard InChI is InChI=1S/C9H7.C7H8.Co/c1-2-5-9-7-3-6-8(9)4-1;1-2-7-4-3-6(1)5-7;/h1,3-5,7H,6H2;1-2H,3-5H2;/q-1;;. The Morgan fingerprint density at radius 1 is 1.06 bits per heavy atom. The predicted molar refractivity (Wildman–Crippen MR) is 68.0 cm³/mol. The molecule has 0 heterocycles. The van der Waals surface area contributed by atoms with Crippen molar-refractivity contribution >= 4 is 6.08 Å². The van der Waals surface area contributed by atoms with E-state index in [1.807, 2.05) is 12.1 Å². The average molecular weight is 266 g/mol. The summed E-state index contributed by atoms with van der Waals surface area (Å²) in [6, 6.07) is 9.15. The summed E-state index contributed by atoms with van der Waals surface area (Å²) in [5, 5.41) is 0. The van der Waals surface area contributed by atoms with Gasteiger partial charge in [-0.15, -0.1) is 17.2 Å². The molecular weight excluding hydrogens is 251 g/mol. The van der Waals surface area contributed by atoms with Crippen molar-refractivity contribution in [2.24, 2.45) is 0 Å². The largest absolute Gasteiger partial charge is 0.183 e. The molecule has 0 unspecified atom stereocenters. The monoisotopic (exact) mass is 266 g/mol. The number of fused-ring (bicyclic) bond motifs is 3. The van der Waals surface area contributed by atoms with Crippen molar-refractivity contribution < 1.29 is 16.8 Å². The van der Waals surface area contributed by atoms with E-state index in [0.29, 0.717) is 0 Å². The molecule has 1 aromatic carbocycles. The summed E-state index contributed by atoms with van der Waals surface area (Å²) in [5.41, 5.74) is 6.05. The van der Waals surface area contributed by atoms with Gasteiger partial charge in [-0.25, -0.2) is 0 Å². The van der Waals surface area contributed by atoms with E-state index in [1.54, 1.807) is 11.1 Å². The molecule has 0 amide bonds. The van der Waals surface area contributed by atoms with E-state index in [0.717, 1.165) is 6.42 Å². The molecule has 2 bridgehead atoms. The minimum absolute atomic E-state index is 0. The first-order valence-electron chi connectivity index (χ1n) is 5.95. The van der Waals surface area contributed by atoms with E-state index in [4.69, 9.17) is 0 Å². The molecule has 3 aliphatic carbocycles. The molecule has 0 aliphatic heterocycles. The predicted octanol–water partition coefficient (Wildman–Crippen LogP) is 4.09. The first-order valence-corrected chi connectivity index (χ1v) is 5.95. The fourth-order valence-corrected chi connectivity index (χ4v) is 2.44. The third-order valence-corrected chi connectivity index (χ3v) is 3.40. The maximum atomic E-state index is 3.04. The van der Waals surface area contributed by atoms with Crippen LogP contribution in [0, 0.1) is 6.07 Å². The molecule has 0 nitrogen and oxygen atoms in total. The zero-order chi connectivity index (χ0) is 10.8. The van der Waals surface area contributed by atoms with Gasteiger partial charge in [-0.3, -0.25) is 0 Å². The SMILES string of the molecule is C1=C2CCC(=C1)C2.[Co].[c-]1ccc2c(c1)C=CC2. The van der Waals surface area contributed by atoms with E-state index in [9.17, 15) is 0 Å². The van der Waals surface area contributed by atoms with Gasteiger partial charge in [0, 0.05) is 16.8 Å². The van der Waals surface area contributed by atoms with Crippen LogP contribution in [0.1, 0.15) is 30.4 Å². The Bertz CT molecular complexity index is 474. The molecule has 1 heteroatoms. The molecule has 0 aromatic heterocycles. The Morgan fingerprint density at radius 2 is 1.82 bits per heavy atom. The number of allylic oxidation sites excluding steroid dienone is 5. The van der Waals surface area contributed by atoms with Crippen LogP contribution in [0.25, 0.3) is 6.08 Å². The Kier molecular flexibility index (Phi) is 4.03. The van der Waals surface area contributed by atoms with E-state index in [1.165, 1.54) is 30.4 Å². The van der Waals surface area contributed by atoms with Crippen molar-refractivity contribution in [3.63, 3.8) is 0 Å². The Labute approximate surface area is 113 Å². The zero-order valence-corrected chi connectivity index (χ0v) is 10.7. The molecular formula is C16H15Co-. The summed E-state index contributed by atoms with van der Waals surface area (Å²) in [4.78, 5) is 0. The number of hydrogen-bond donors (Lipinski definition) is 0.